The SMILES string of the molecule is CC(C)(C)c1ccc(OCC(=O)Nc2cc([N+](=O)[O-])ccc2F)c(Br)c1. The van der Waals surface area contributed by atoms with E-state index in [2.05, 4.69) is 42.0 Å². The molecule has 1 N–H and O–H groups in total. The molecule has 0 unspecified atom stereocenters. The lowest BCUT2D eigenvalue weighted by molar-refractivity contribution is -0.384. The lowest BCUT2D eigenvalue weighted by atomic mass is 9.87. The Bertz CT molecular complexity index is 850. The van der Waals surface area contributed by atoms with Gasteiger partial charge in [-0.2, -0.15) is 0 Å². The number of ether oxygens (including phenoxy) is 1. The third-order valence-electron chi connectivity index (χ3n) is 3.59. The molecule has 138 valence electrons. The summed E-state index contributed by atoms with van der Waals surface area (Å²) in [5.41, 5.74) is 0.482. The lowest BCUT2D eigenvalue weighted by Crippen LogP contribution is -2.21. The number of nitrogens with zero attached hydrogens (tertiary/aromatic N) is 1. The number of rotatable bonds is 5. The van der Waals surface area contributed by atoms with Crippen LogP contribution in [0.5, 0.6) is 5.75 Å². The van der Waals surface area contributed by atoms with Gasteiger partial charge in [0, 0.05) is 12.1 Å². The molecule has 2 rings (SSSR count). The Morgan fingerprint density at radius 1 is 1.27 bits per heavy atom. The fourth-order valence-corrected chi connectivity index (χ4v) is 2.63. The minimum absolute atomic E-state index is 0.0298. The van der Waals surface area contributed by atoms with Crippen LogP contribution in [0.4, 0.5) is 15.8 Å². The molecule has 0 aliphatic carbocycles. The number of nitrogens with one attached hydrogen (secondary N) is 1. The van der Waals surface area contributed by atoms with Crippen LogP contribution < -0.4 is 10.1 Å². The van der Waals surface area contributed by atoms with Gasteiger partial charge in [0.25, 0.3) is 11.6 Å². The van der Waals surface area contributed by atoms with E-state index < -0.39 is 16.6 Å². The number of non-ortho nitro benzene ring substituents is 1. The van der Waals surface area contributed by atoms with Crippen LogP contribution in [0.3, 0.4) is 0 Å². The predicted octanol–water partition coefficient (Wildman–Crippen LogP) is 4.81. The van der Waals surface area contributed by atoms with Crippen molar-refractivity contribution in [3.8, 4) is 5.75 Å². The summed E-state index contributed by atoms with van der Waals surface area (Å²) in [4.78, 5) is 22.0. The molecule has 6 nitrogen and oxygen atoms in total. The maximum atomic E-state index is 13.7. The monoisotopic (exact) mass is 424 g/mol. The Morgan fingerprint density at radius 2 is 1.96 bits per heavy atom. The first-order valence-electron chi connectivity index (χ1n) is 7.74. The summed E-state index contributed by atoms with van der Waals surface area (Å²) in [5.74, 6) is -0.927. The van der Waals surface area contributed by atoms with Gasteiger partial charge >= 0.3 is 0 Å². The zero-order valence-corrected chi connectivity index (χ0v) is 16.1. The Kier molecular flexibility index (Phi) is 5.97. The highest BCUT2D eigenvalue weighted by Gasteiger charge is 2.17. The largest absolute Gasteiger partial charge is 0.483 e. The number of anilines is 1. The van der Waals surface area contributed by atoms with Crippen molar-refractivity contribution in [3.05, 3.63) is 62.4 Å². The maximum absolute atomic E-state index is 13.7. The van der Waals surface area contributed by atoms with Gasteiger partial charge in [-0.05, 0) is 45.1 Å². The number of hydrogen-bond donors (Lipinski definition) is 1. The second kappa shape index (κ2) is 7.82. The summed E-state index contributed by atoms with van der Waals surface area (Å²) in [6.07, 6.45) is 0. The van der Waals surface area contributed by atoms with E-state index in [-0.39, 0.29) is 23.4 Å². The molecule has 0 saturated heterocycles. The van der Waals surface area contributed by atoms with Crippen LogP contribution in [-0.2, 0) is 10.2 Å². The minimum Gasteiger partial charge on any atom is -0.483 e. The molecule has 0 radical (unpaired) electrons. The Labute approximate surface area is 158 Å². The van der Waals surface area contributed by atoms with Crippen LogP contribution in [0.2, 0.25) is 0 Å². The van der Waals surface area contributed by atoms with E-state index in [9.17, 15) is 19.3 Å². The molecule has 0 fully saturated rings. The van der Waals surface area contributed by atoms with Crippen molar-refractivity contribution in [2.24, 2.45) is 0 Å². The van der Waals surface area contributed by atoms with Crippen LogP contribution in [-0.4, -0.2) is 17.4 Å². The van der Waals surface area contributed by atoms with Crippen molar-refractivity contribution in [1.82, 2.24) is 0 Å². The number of nitro benzene ring substituents is 1. The fraction of sp³-hybridized carbons (Fsp3) is 0.278. The number of carbonyl (C=O) groups excluding carboxylic acids is 1. The standard InChI is InChI=1S/C18H18BrFN2O4/c1-18(2,3)11-4-7-16(13(19)8-11)26-10-17(23)21-15-9-12(22(24)25)5-6-14(15)20/h4-9H,10H2,1-3H3,(H,21,23). The van der Waals surface area contributed by atoms with Crippen LogP contribution >= 0.6 is 15.9 Å². The number of carbonyl (C=O) groups is 1. The quantitative estimate of drug-likeness (QED) is 0.551. The number of nitro groups is 1. The molecule has 0 atom stereocenters. The number of hydrogen-bond acceptors (Lipinski definition) is 4. The van der Waals surface area contributed by atoms with Crippen LogP contribution in [0.1, 0.15) is 26.3 Å². The average molecular weight is 425 g/mol. The van der Waals surface area contributed by atoms with Gasteiger partial charge in [0.05, 0.1) is 15.1 Å². The molecule has 8 heteroatoms. The number of halogens is 2. The van der Waals surface area contributed by atoms with Crippen molar-refractivity contribution in [2.45, 2.75) is 26.2 Å². The van der Waals surface area contributed by atoms with E-state index in [4.69, 9.17) is 4.74 Å². The molecule has 1 amide bonds. The topological polar surface area (TPSA) is 81.5 Å². The Morgan fingerprint density at radius 3 is 2.54 bits per heavy atom. The van der Waals surface area contributed by atoms with Crippen molar-refractivity contribution >= 4 is 33.2 Å². The summed E-state index contributed by atoms with van der Waals surface area (Å²) < 4.78 is 19.8. The highest BCUT2D eigenvalue weighted by molar-refractivity contribution is 9.10. The summed E-state index contributed by atoms with van der Waals surface area (Å²) in [5, 5.41) is 13.0. The molecule has 26 heavy (non-hydrogen) atoms. The van der Waals surface area contributed by atoms with E-state index >= 15 is 0 Å². The molecular weight excluding hydrogens is 407 g/mol. The molecule has 0 aliphatic rings. The zero-order valence-electron chi connectivity index (χ0n) is 14.5. The first kappa shape index (κ1) is 19.8. The molecule has 0 saturated carbocycles. The average Bonchev–Trinajstić information content (AvgIpc) is 2.54. The minimum atomic E-state index is -0.764. The smallest absolute Gasteiger partial charge is 0.271 e. The van der Waals surface area contributed by atoms with Crippen LogP contribution in [0, 0.1) is 15.9 Å². The molecule has 0 heterocycles. The maximum Gasteiger partial charge on any atom is 0.271 e. The van der Waals surface area contributed by atoms with E-state index in [1.807, 2.05) is 12.1 Å². The van der Waals surface area contributed by atoms with Gasteiger partial charge in [0.2, 0.25) is 0 Å². The summed E-state index contributed by atoms with van der Waals surface area (Å²) >= 11 is 3.40. The molecule has 0 spiro atoms. The van der Waals surface area contributed by atoms with E-state index in [0.717, 1.165) is 23.8 Å². The molecule has 2 aromatic rings. The number of amides is 1. The molecule has 0 aliphatic heterocycles. The molecule has 0 bridgehead atoms. The third kappa shape index (κ3) is 5.01. The fourth-order valence-electron chi connectivity index (χ4n) is 2.14. The molecule has 2 aromatic carbocycles. The summed E-state index contributed by atoms with van der Waals surface area (Å²) in [6, 6.07) is 8.46. The predicted molar refractivity (Wildman–Crippen MR) is 100 cm³/mol. The van der Waals surface area contributed by atoms with Crippen molar-refractivity contribution in [1.29, 1.82) is 0 Å². The van der Waals surface area contributed by atoms with Gasteiger partial charge in [0.15, 0.2) is 6.61 Å². The number of benzene rings is 2. The lowest BCUT2D eigenvalue weighted by Gasteiger charge is -2.20. The Hall–Kier alpha value is -2.48. The van der Waals surface area contributed by atoms with Crippen LogP contribution in [0.25, 0.3) is 0 Å². The van der Waals surface area contributed by atoms with Gasteiger partial charge in [0.1, 0.15) is 11.6 Å². The zero-order chi connectivity index (χ0) is 19.5. The summed E-state index contributed by atoms with van der Waals surface area (Å²) in [7, 11) is 0. The first-order valence-corrected chi connectivity index (χ1v) is 8.54. The highest BCUT2D eigenvalue weighted by atomic mass is 79.9. The Balaban J connectivity index is 2.04. The van der Waals surface area contributed by atoms with Gasteiger partial charge in [-0.3, -0.25) is 14.9 Å². The summed E-state index contributed by atoms with van der Waals surface area (Å²) in [6.45, 7) is 5.87. The highest BCUT2D eigenvalue weighted by Crippen LogP contribution is 2.31. The normalized spacial score (nSPS) is 11.1. The second-order valence-corrected chi connectivity index (χ2v) is 7.51. The van der Waals surface area contributed by atoms with Gasteiger partial charge < -0.3 is 10.1 Å². The molecule has 0 aromatic heterocycles. The van der Waals surface area contributed by atoms with Gasteiger partial charge in [-0.25, -0.2) is 4.39 Å². The van der Waals surface area contributed by atoms with Gasteiger partial charge in [-0.1, -0.05) is 26.8 Å². The van der Waals surface area contributed by atoms with Crippen LogP contribution in [0.15, 0.2) is 40.9 Å². The van der Waals surface area contributed by atoms with E-state index in [1.165, 1.54) is 0 Å². The third-order valence-corrected chi connectivity index (χ3v) is 4.21. The van der Waals surface area contributed by atoms with E-state index in [0.29, 0.717) is 10.2 Å². The van der Waals surface area contributed by atoms with Crippen molar-refractivity contribution in [2.75, 3.05) is 11.9 Å². The first-order chi connectivity index (χ1) is 12.1. The van der Waals surface area contributed by atoms with Crippen molar-refractivity contribution < 1.29 is 18.8 Å². The van der Waals surface area contributed by atoms with E-state index in [1.54, 1.807) is 6.07 Å². The van der Waals surface area contributed by atoms with Gasteiger partial charge in [-0.15, -0.1) is 0 Å². The molecular formula is C18H18BrFN2O4. The second-order valence-electron chi connectivity index (χ2n) is 6.65. The van der Waals surface area contributed by atoms with Crippen molar-refractivity contribution in [3.63, 3.8) is 0 Å².